The van der Waals surface area contributed by atoms with E-state index in [0.717, 1.165) is 17.7 Å². The molecule has 1 aromatic heterocycles. The van der Waals surface area contributed by atoms with Gasteiger partial charge in [0, 0.05) is 51.0 Å². The Kier molecular flexibility index (Phi) is 8.30. The molecule has 0 radical (unpaired) electrons. The van der Waals surface area contributed by atoms with E-state index in [1.54, 1.807) is 31.1 Å². The summed E-state index contributed by atoms with van der Waals surface area (Å²) < 4.78 is 24.0. The highest BCUT2D eigenvalue weighted by atomic mass is 19.1. The second kappa shape index (κ2) is 11.8. The van der Waals surface area contributed by atoms with Gasteiger partial charge in [0.15, 0.2) is 0 Å². The first-order valence-electron chi connectivity index (χ1n) is 12.2. The zero-order chi connectivity index (χ0) is 25.5. The van der Waals surface area contributed by atoms with Crippen LogP contribution in [0.3, 0.4) is 0 Å². The molecule has 36 heavy (non-hydrogen) atoms. The molecule has 8 nitrogen and oxygen atoms in total. The van der Waals surface area contributed by atoms with E-state index < -0.39 is 0 Å². The molecule has 0 unspecified atom stereocenters. The molecule has 2 aromatic carbocycles. The van der Waals surface area contributed by atoms with E-state index in [9.17, 15) is 14.0 Å². The second-order valence-electron chi connectivity index (χ2n) is 8.94. The van der Waals surface area contributed by atoms with Crippen molar-refractivity contribution >= 4 is 11.8 Å². The third kappa shape index (κ3) is 6.47. The molecule has 0 saturated carbocycles. The summed E-state index contributed by atoms with van der Waals surface area (Å²) in [4.78, 5) is 33.5. The van der Waals surface area contributed by atoms with Crippen LogP contribution in [0.15, 0.2) is 47.0 Å². The highest BCUT2D eigenvalue weighted by Gasteiger charge is 2.22. The van der Waals surface area contributed by atoms with E-state index in [4.69, 9.17) is 9.26 Å². The number of amides is 2. The molecule has 0 spiro atoms. The lowest BCUT2D eigenvalue weighted by Crippen LogP contribution is -2.37. The molecule has 1 aliphatic heterocycles. The third-order valence-electron chi connectivity index (χ3n) is 6.42. The van der Waals surface area contributed by atoms with Gasteiger partial charge in [0.1, 0.15) is 11.6 Å². The van der Waals surface area contributed by atoms with Gasteiger partial charge in [0.25, 0.3) is 0 Å². The van der Waals surface area contributed by atoms with Crippen molar-refractivity contribution in [2.75, 3.05) is 33.3 Å². The van der Waals surface area contributed by atoms with Crippen LogP contribution in [0.2, 0.25) is 0 Å². The Morgan fingerprint density at radius 3 is 2.28 bits per heavy atom. The summed E-state index contributed by atoms with van der Waals surface area (Å²) in [6.07, 6.45) is 2.43. The van der Waals surface area contributed by atoms with Crippen LogP contribution in [-0.2, 0) is 22.4 Å². The SMILES string of the molecule is COc1ccc(CCC(=O)N2CCCN(C(=O)CCc3nc(-c4ccc(F)c(C)c4)no3)CC2)cc1. The number of aromatic nitrogens is 2. The molecule has 0 aliphatic carbocycles. The van der Waals surface area contributed by atoms with Gasteiger partial charge in [-0.05, 0) is 61.2 Å². The Balaban J connectivity index is 1.23. The Labute approximate surface area is 210 Å². The first kappa shape index (κ1) is 25.3. The van der Waals surface area contributed by atoms with Crippen molar-refractivity contribution in [2.24, 2.45) is 0 Å². The minimum Gasteiger partial charge on any atom is -0.497 e. The summed E-state index contributed by atoms with van der Waals surface area (Å²) in [6.45, 7) is 3.98. The number of hydrogen-bond acceptors (Lipinski definition) is 6. The topological polar surface area (TPSA) is 88.8 Å². The normalized spacial score (nSPS) is 14.0. The van der Waals surface area contributed by atoms with E-state index in [0.29, 0.717) is 68.3 Å². The molecule has 190 valence electrons. The number of nitrogens with zero attached hydrogens (tertiary/aromatic N) is 4. The number of benzene rings is 2. The summed E-state index contributed by atoms with van der Waals surface area (Å²) >= 11 is 0. The summed E-state index contributed by atoms with van der Waals surface area (Å²) in [6, 6.07) is 12.4. The van der Waals surface area contributed by atoms with Gasteiger partial charge >= 0.3 is 0 Å². The van der Waals surface area contributed by atoms with Crippen LogP contribution in [0.1, 0.15) is 36.3 Å². The lowest BCUT2D eigenvalue weighted by Gasteiger charge is -2.22. The molecule has 1 saturated heterocycles. The van der Waals surface area contributed by atoms with Crippen molar-refractivity contribution in [2.45, 2.75) is 39.0 Å². The number of halogens is 1. The fourth-order valence-corrected chi connectivity index (χ4v) is 4.25. The van der Waals surface area contributed by atoms with Crippen LogP contribution in [-0.4, -0.2) is 65.0 Å². The predicted molar refractivity (Wildman–Crippen MR) is 132 cm³/mol. The lowest BCUT2D eigenvalue weighted by molar-refractivity contribution is -0.133. The van der Waals surface area contributed by atoms with Gasteiger partial charge in [0.2, 0.25) is 23.5 Å². The van der Waals surface area contributed by atoms with Crippen LogP contribution >= 0.6 is 0 Å². The molecule has 0 atom stereocenters. The Morgan fingerprint density at radius 2 is 1.64 bits per heavy atom. The van der Waals surface area contributed by atoms with Crippen LogP contribution in [0.5, 0.6) is 5.75 Å². The number of hydrogen-bond donors (Lipinski definition) is 0. The Bertz CT molecular complexity index is 1190. The van der Waals surface area contributed by atoms with Gasteiger partial charge < -0.3 is 19.1 Å². The van der Waals surface area contributed by atoms with Gasteiger partial charge in [-0.3, -0.25) is 9.59 Å². The average molecular weight is 495 g/mol. The summed E-state index contributed by atoms with van der Waals surface area (Å²) in [7, 11) is 1.63. The lowest BCUT2D eigenvalue weighted by atomic mass is 10.1. The maximum absolute atomic E-state index is 13.5. The van der Waals surface area contributed by atoms with Crippen LogP contribution in [0.4, 0.5) is 4.39 Å². The summed E-state index contributed by atoms with van der Waals surface area (Å²) in [5, 5.41) is 3.96. The van der Waals surface area contributed by atoms with Crippen molar-refractivity contribution in [1.82, 2.24) is 19.9 Å². The largest absolute Gasteiger partial charge is 0.497 e. The molecule has 0 bridgehead atoms. The van der Waals surface area contributed by atoms with Crippen molar-refractivity contribution in [3.8, 4) is 17.1 Å². The van der Waals surface area contributed by atoms with E-state index in [2.05, 4.69) is 10.1 Å². The van der Waals surface area contributed by atoms with Crippen molar-refractivity contribution in [3.05, 3.63) is 65.3 Å². The highest BCUT2D eigenvalue weighted by Crippen LogP contribution is 2.20. The quantitative estimate of drug-likeness (QED) is 0.473. The van der Waals surface area contributed by atoms with Crippen LogP contribution in [0.25, 0.3) is 11.4 Å². The monoisotopic (exact) mass is 494 g/mol. The van der Waals surface area contributed by atoms with E-state index in [1.807, 2.05) is 29.2 Å². The van der Waals surface area contributed by atoms with Crippen molar-refractivity contribution in [3.63, 3.8) is 0 Å². The van der Waals surface area contributed by atoms with E-state index in [-0.39, 0.29) is 24.1 Å². The molecule has 9 heteroatoms. The average Bonchev–Trinajstić information content (AvgIpc) is 3.23. The second-order valence-corrected chi connectivity index (χ2v) is 8.94. The summed E-state index contributed by atoms with van der Waals surface area (Å²) in [5.41, 5.74) is 2.26. The predicted octanol–water partition coefficient (Wildman–Crippen LogP) is 3.82. The molecule has 4 rings (SSSR count). The number of rotatable bonds is 8. The van der Waals surface area contributed by atoms with Gasteiger partial charge in [0.05, 0.1) is 7.11 Å². The number of ether oxygens (including phenoxy) is 1. The number of methoxy groups -OCH3 is 1. The molecule has 3 aromatic rings. The summed E-state index contributed by atoms with van der Waals surface area (Å²) in [5.74, 6) is 1.35. The molecule has 2 amide bonds. The first-order valence-corrected chi connectivity index (χ1v) is 12.2. The van der Waals surface area contributed by atoms with Crippen LogP contribution < -0.4 is 4.74 Å². The fourth-order valence-electron chi connectivity index (χ4n) is 4.25. The third-order valence-corrected chi connectivity index (χ3v) is 6.42. The van der Waals surface area contributed by atoms with Crippen molar-refractivity contribution in [1.29, 1.82) is 0 Å². The molecule has 1 aliphatic rings. The Hall–Kier alpha value is -3.75. The fraction of sp³-hybridized carbons (Fsp3) is 0.407. The number of aryl methyl sites for hydroxylation is 3. The minimum absolute atomic E-state index is 0.0000848. The molecular formula is C27H31FN4O4. The van der Waals surface area contributed by atoms with Crippen LogP contribution in [0, 0.1) is 12.7 Å². The van der Waals surface area contributed by atoms with Gasteiger partial charge in [-0.25, -0.2) is 4.39 Å². The van der Waals surface area contributed by atoms with E-state index in [1.165, 1.54) is 6.07 Å². The molecule has 0 N–H and O–H groups in total. The maximum atomic E-state index is 13.5. The molecular weight excluding hydrogens is 463 g/mol. The minimum atomic E-state index is -0.289. The number of carbonyl (C=O) groups is 2. The van der Waals surface area contributed by atoms with Gasteiger partial charge in [-0.15, -0.1) is 0 Å². The molecule has 1 fully saturated rings. The zero-order valence-electron chi connectivity index (χ0n) is 20.7. The van der Waals surface area contributed by atoms with Crippen molar-refractivity contribution < 1.29 is 23.2 Å². The maximum Gasteiger partial charge on any atom is 0.227 e. The van der Waals surface area contributed by atoms with Gasteiger partial charge in [-0.1, -0.05) is 17.3 Å². The first-order chi connectivity index (χ1) is 17.4. The Morgan fingerprint density at radius 1 is 0.972 bits per heavy atom. The van der Waals surface area contributed by atoms with Gasteiger partial charge in [-0.2, -0.15) is 4.98 Å². The zero-order valence-corrected chi connectivity index (χ0v) is 20.7. The standard InChI is InChI=1S/C27H31FN4O4/c1-19-18-21(7-10-23(19)28)27-29-24(36-30-27)11-13-26(34)32-15-3-14-31(16-17-32)25(33)12-6-20-4-8-22(35-2)9-5-20/h4-5,7-10,18H,3,6,11-17H2,1-2H3. The number of carbonyl (C=O) groups excluding carboxylic acids is 2. The van der Waals surface area contributed by atoms with E-state index >= 15 is 0 Å². The highest BCUT2D eigenvalue weighted by molar-refractivity contribution is 5.78. The molecule has 2 heterocycles. The smallest absolute Gasteiger partial charge is 0.227 e.